The number of hydrogen-bond acceptors (Lipinski definition) is 3. The Bertz CT molecular complexity index is 519. The van der Waals surface area contributed by atoms with Gasteiger partial charge in [0.05, 0.1) is 4.92 Å². The van der Waals surface area contributed by atoms with Crippen molar-refractivity contribution in [3.63, 3.8) is 0 Å². The highest BCUT2D eigenvalue weighted by Crippen LogP contribution is 2.36. The van der Waals surface area contributed by atoms with Crippen molar-refractivity contribution in [3.8, 4) is 0 Å². The minimum absolute atomic E-state index is 0.186. The molecule has 1 aromatic rings. The van der Waals surface area contributed by atoms with Crippen LogP contribution in [0.3, 0.4) is 0 Å². The van der Waals surface area contributed by atoms with Crippen LogP contribution in [0.4, 0.5) is 5.69 Å². The average molecular weight is 246 g/mol. The molecule has 1 aliphatic carbocycles. The summed E-state index contributed by atoms with van der Waals surface area (Å²) in [5.74, 6) is 0. The van der Waals surface area contributed by atoms with Crippen molar-refractivity contribution in [2.75, 3.05) is 20.6 Å². The number of benzene rings is 1. The quantitative estimate of drug-likeness (QED) is 0.606. The summed E-state index contributed by atoms with van der Waals surface area (Å²) in [5.41, 5.74) is 5.09. The first-order valence-electron chi connectivity index (χ1n) is 6.10. The predicted octanol–water partition coefficient (Wildman–Crippen LogP) is 2.88. The van der Waals surface area contributed by atoms with Crippen LogP contribution in [0.5, 0.6) is 0 Å². The zero-order chi connectivity index (χ0) is 13.3. The summed E-state index contributed by atoms with van der Waals surface area (Å²) in [7, 11) is 4.08. The van der Waals surface area contributed by atoms with E-state index in [1.807, 2.05) is 20.2 Å². The van der Waals surface area contributed by atoms with Crippen LogP contribution in [0.2, 0.25) is 0 Å². The lowest BCUT2D eigenvalue weighted by atomic mass is 10.0. The molecule has 0 bridgehead atoms. The standard InChI is InChI=1S/C14H18N2O2/c1-10-8-11-4-5-12(16(17)18)9-14(11)13(10)6-7-15(2)3/h4-5,9H,6-8H2,1-3H3. The van der Waals surface area contributed by atoms with Crippen molar-refractivity contribution >= 4 is 11.3 Å². The molecule has 0 atom stereocenters. The van der Waals surface area contributed by atoms with Crippen molar-refractivity contribution in [2.24, 2.45) is 0 Å². The van der Waals surface area contributed by atoms with Gasteiger partial charge in [0, 0.05) is 18.7 Å². The van der Waals surface area contributed by atoms with Gasteiger partial charge < -0.3 is 4.90 Å². The molecule has 0 radical (unpaired) electrons. The lowest BCUT2D eigenvalue weighted by Crippen LogP contribution is -2.13. The monoisotopic (exact) mass is 246 g/mol. The molecule has 0 saturated heterocycles. The highest BCUT2D eigenvalue weighted by Gasteiger charge is 2.21. The van der Waals surface area contributed by atoms with Crippen LogP contribution in [0.1, 0.15) is 24.5 Å². The number of hydrogen-bond donors (Lipinski definition) is 0. The molecule has 4 nitrogen and oxygen atoms in total. The normalized spacial score (nSPS) is 14.2. The second-order valence-corrected chi connectivity index (χ2v) is 5.09. The first kappa shape index (κ1) is 12.8. The second-order valence-electron chi connectivity index (χ2n) is 5.09. The zero-order valence-electron chi connectivity index (χ0n) is 11.1. The van der Waals surface area contributed by atoms with Crippen LogP contribution in [-0.2, 0) is 6.42 Å². The topological polar surface area (TPSA) is 46.4 Å². The largest absolute Gasteiger partial charge is 0.309 e. The fourth-order valence-electron chi connectivity index (χ4n) is 2.42. The minimum Gasteiger partial charge on any atom is -0.309 e. The smallest absolute Gasteiger partial charge is 0.270 e. The van der Waals surface area contributed by atoms with E-state index in [9.17, 15) is 10.1 Å². The third-order valence-corrected chi connectivity index (χ3v) is 3.41. The summed E-state index contributed by atoms with van der Waals surface area (Å²) in [4.78, 5) is 12.6. The summed E-state index contributed by atoms with van der Waals surface area (Å²) in [6, 6.07) is 5.21. The fraction of sp³-hybridized carbons (Fsp3) is 0.429. The molecule has 0 spiro atoms. The van der Waals surface area contributed by atoms with Crippen LogP contribution in [0.15, 0.2) is 23.8 Å². The number of fused-ring (bicyclic) bond motifs is 1. The maximum Gasteiger partial charge on any atom is 0.270 e. The number of nitrogens with zero attached hydrogens (tertiary/aromatic N) is 2. The summed E-state index contributed by atoms with van der Waals surface area (Å²) >= 11 is 0. The minimum atomic E-state index is -0.322. The lowest BCUT2D eigenvalue weighted by molar-refractivity contribution is -0.384. The molecule has 0 heterocycles. The maximum atomic E-state index is 10.8. The van der Waals surface area contributed by atoms with Crippen molar-refractivity contribution in [1.82, 2.24) is 4.90 Å². The number of nitro benzene ring substituents is 1. The first-order chi connectivity index (χ1) is 8.49. The third-order valence-electron chi connectivity index (χ3n) is 3.41. The molecular formula is C14H18N2O2. The van der Waals surface area contributed by atoms with Gasteiger partial charge in [0.25, 0.3) is 5.69 Å². The van der Waals surface area contributed by atoms with Gasteiger partial charge in [-0.25, -0.2) is 0 Å². The zero-order valence-corrected chi connectivity index (χ0v) is 11.1. The molecule has 0 aliphatic heterocycles. The van der Waals surface area contributed by atoms with E-state index in [4.69, 9.17) is 0 Å². The molecule has 0 N–H and O–H groups in total. The number of allylic oxidation sites excluding steroid dienone is 1. The summed E-state index contributed by atoms with van der Waals surface area (Å²) in [5, 5.41) is 10.8. The van der Waals surface area contributed by atoms with Crippen LogP contribution in [0.25, 0.3) is 5.57 Å². The molecule has 0 saturated carbocycles. The molecular weight excluding hydrogens is 228 g/mol. The molecule has 0 fully saturated rings. The van der Waals surface area contributed by atoms with Gasteiger partial charge >= 0.3 is 0 Å². The molecule has 0 amide bonds. The van der Waals surface area contributed by atoms with E-state index in [0.717, 1.165) is 24.9 Å². The molecule has 2 rings (SSSR count). The van der Waals surface area contributed by atoms with Crippen molar-refractivity contribution < 1.29 is 4.92 Å². The second kappa shape index (κ2) is 4.90. The van der Waals surface area contributed by atoms with Gasteiger partial charge in [-0.2, -0.15) is 0 Å². The predicted molar refractivity (Wildman–Crippen MR) is 72.6 cm³/mol. The van der Waals surface area contributed by atoms with E-state index in [1.165, 1.54) is 16.7 Å². The number of nitro groups is 1. The third kappa shape index (κ3) is 2.43. The maximum absolute atomic E-state index is 10.8. The van der Waals surface area contributed by atoms with E-state index in [0.29, 0.717) is 0 Å². The van der Waals surface area contributed by atoms with Gasteiger partial charge in [-0.05, 0) is 50.6 Å². The van der Waals surface area contributed by atoms with E-state index in [1.54, 1.807) is 12.1 Å². The summed E-state index contributed by atoms with van der Waals surface area (Å²) < 4.78 is 0. The number of rotatable bonds is 4. The van der Waals surface area contributed by atoms with E-state index >= 15 is 0 Å². The van der Waals surface area contributed by atoms with Crippen LogP contribution < -0.4 is 0 Å². The first-order valence-corrected chi connectivity index (χ1v) is 6.10. The van der Waals surface area contributed by atoms with Crippen molar-refractivity contribution in [3.05, 3.63) is 45.0 Å². The molecule has 1 aliphatic rings. The van der Waals surface area contributed by atoms with E-state index in [-0.39, 0.29) is 10.6 Å². The Balaban J connectivity index is 2.31. The molecule has 0 aromatic heterocycles. The van der Waals surface area contributed by atoms with Gasteiger partial charge in [-0.3, -0.25) is 10.1 Å². The van der Waals surface area contributed by atoms with Crippen molar-refractivity contribution in [1.29, 1.82) is 0 Å². The van der Waals surface area contributed by atoms with Crippen LogP contribution in [0, 0.1) is 10.1 Å². The van der Waals surface area contributed by atoms with Gasteiger partial charge in [0.1, 0.15) is 0 Å². The SMILES string of the molecule is CC1=C(CCN(C)C)c2cc([N+](=O)[O-])ccc2C1. The Hall–Kier alpha value is -1.68. The number of non-ortho nitro benzene ring substituents is 1. The summed E-state index contributed by atoms with van der Waals surface area (Å²) in [6.45, 7) is 3.09. The lowest BCUT2D eigenvalue weighted by Gasteiger charge is -2.11. The van der Waals surface area contributed by atoms with E-state index in [2.05, 4.69) is 11.8 Å². The van der Waals surface area contributed by atoms with Gasteiger partial charge in [0.2, 0.25) is 0 Å². The van der Waals surface area contributed by atoms with Gasteiger partial charge in [0.15, 0.2) is 0 Å². The van der Waals surface area contributed by atoms with Crippen LogP contribution in [-0.4, -0.2) is 30.5 Å². The highest BCUT2D eigenvalue weighted by atomic mass is 16.6. The Morgan fingerprint density at radius 2 is 2.11 bits per heavy atom. The molecule has 1 aromatic carbocycles. The molecule has 4 heteroatoms. The molecule has 18 heavy (non-hydrogen) atoms. The Morgan fingerprint density at radius 1 is 1.39 bits per heavy atom. The van der Waals surface area contributed by atoms with Gasteiger partial charge in [-0.1, -0.05) is 11.6 Å². The highest BCUT2D eigenvalue weighted by molar-refractivity contribution is 5.77. The molecule has 0 unspecified atom stereocenters. The summed E-state index contributed by atoms with van der Waals surface area (Å²) in [6.07, 6.45) is 1.88. The Labute approximate surface area is 107 Å². The fourth-order valence-corrected chi connectivity index (χ4v) is 2.42. The van der Waals surface area contributed by atoms with Gasteiger partial charge in [-0.15, -0.1) is 0 Å². The average Bonchev–Trinajstić information content (AvgIpc) is 2.60. The Morgan fingerprint density at radius 3 is 2.72 bits per heavy atom. The van der Waals surface area contributed by atoms with Crippen molar-refractivity contribution in [2.45, 2.75) is 19.8 Å². The van der Waals surface area contributed by atoms with E-state index < -0.39 is 0 Å². The Kier molecular flexibility index (Phi) is 3.48. The van der Waals surface area contributed by atoms with Crippen LogP contribution >= 0.6 is 0 Å². The molecule has 96 valence electrons.